The van der Waals surface area contributed by atoms with Crippen LogP contribution in [0.2, 0.25) is 0 Å². The highest BCUT2D eigenvalue weighted by molar-refractivity contribution is 9.10. The largest absolute Gasteiger partial charge is 0.372 e. The number of sulfonamides is 1. The lowest BCUT2D eigenvalue weighted by Gasteiger charge is -2.31. The summed E-state index contributed by atoms with van der Waals surface area (Å²) in [6.45, 7) is 0.421. The molecule has 2 fully saturated rings. The summed E-state index contributed by atoms with van der Waals surface area (Å²) >= 11 is 2.93. The van der Waals surface area contributed by atoms with E-state index in [1.807, 2.05) is 0 Å². The summed E-state index contributed by atoms with van der Waals surface area (Å²) in [6.07, 6.45) is 1.35. The molecule has 0 aromatic heterocycles. The van der Waals surface area contributed by atoms with E-state index in [-0.39, 0.29) is 29.8 Å². The van der Waals surface area contributed by atoms with Gasteiger partial charge < -0.3 is 4.74 Å². The summed E-state index contributed by atoms with van der Waals surface area (Å²) in [5, 5.41) is 0. The molecular weight excluding hydrogens is 356 g/mol. The molecule has 2 unspecified atom stereocenters. The highest BCUT2D eigenvalue weighted by atomic mass is 79.9. The fourth-order valence-electron chi connectivity index (χ4n) is 2.68. The van der Waals surface area contributed by atoms with E-state index in [0.717, 1.165) is 18.9 Å². The maximum absolute atomic E-state index is 13.9. The Morgan fingerprint density at radius 3 is 2.35 bits per heavy atom. The van der Waals surface area contributed by atoms with Crippen LogP contribution in [0.15, 0.2) is 21.5 Å². The molecule has 2 atom stereocenters. The van der Waals surface area contributed by atoms with E-state index >= 15 is 0 Å². The molecule has 1 aromatic carbocycles. The first-order valence-electron chi connectivity index (χ1n) is 6.18. The second kappa shape index (κ2) is 5.01. The Balaban J connectivity index is 2.00. The molecule has 0 amide bonds. The van der Waals surface area contributed by atoms with Crippen molar-refractivity contribution in [2.45, 2.75) is 29.9 Å². The van der Waals surface area contributed by atoms with Gasteiger partial charge in [0.15, 0.2) is 0 Å². The van der Waals surface area contributed by atoms with Crippen LogP contribution in [0.3, 0.4) is 0 Å². The van der Waals surface area contributed by atoms with Gasteiger partial charge in [0.05, 0.1) is 12.2 Å². The maximum Gasteiger partial charge on any atom is 0.247 e. The molecule has 2 aliphatic rings. The number of ether oxygens (including phenoxy) is 1. The number of fused-ring (bicyclic) bond motifs is 2. The predicted molar refractivity (Wildman–Crippen MR) is 70.7 cm³/mol. The molecular formula is C12H12BrF2NO3S. The van der Waals surface area contributed by atoms with Crippen molar-refractivity contribution >= 4 is 26.0 Å². The maximum atomic E-state index is 13.9. The van der Waals surface area contributed by atoms with E-state index < -0.39 is 26.6 Å². The van der Waals surface area contributed by atoms with Crippen LogP contribution in [-0.4, -0.2) is 38.0 Å². The van der Waals surface area contributed by atoms with Gasteiger partial charge in [0.1, 0.15) is 16.5 Å². The molecule has 4 nitrogen and oxygen atoms in total. The standard InChI is InChI=1S/C12H12BrF2NO3S/c13-10-3-7(14)4-11(15)12(10)20(17,18)16-5-8-1-2-9(6-16)19-8/h3-4,8-9H,1-2,5-6H2. The topological polar surface area (TPSA) is 46.6 Å². The fourth-order valence-corrected chi connectivity index (χ4v) is 5.29. The van der Waals surface area contributed by atoms with Crippen LogP contribution in [-0.2, 0) is 14.8 Å². The molecule has 0 N–H and O–H groups in total. The Morgan fingerprint density at radius 1 is 1.20 bits per heavy atom. The van der Waals surface area contributed by atoms with E-state index in [1.165, 1.54) is 4.31 Å². The lowest BCUT2D eigenvalue weighted by molar-refractivity contribution is -0.0115. The van der Waals surface area contributed by atoms with Gasteiger partial charge in [0.2, 0.25) is 10.0 Å². The third-order valence-electron chi connectivity index (χ3n) is 3.57. The van der Waals surface area contributed by atoms with E-state index in [9.17, 15) is 17.2 Å². The molecule has 3 rings (SSSR count). The minimum Gasteiger partial charge on any atom is -0.372 e. The number of morpholine rings is 1. The third-order valence-corrected chi connectivity index (χ3v) is 6.37. The predicted octanol–water partition coefficient (Wildman–Crippen LogP) is 2.28. The second-order valence-electron chi connectivity index (χ2n) is 4.98. The molecule has 20 heavy (non-hydrogen) atoms. The zero-order valence-electron chi connectivity index (χ0n) is 10.4. The first-order valence-corrected chi connectivity index (χ1v) is 8.41. The molecule has 110 valence electrons. The Kier molecular flexibility index (Phi) is 3.60. The summed E-state index contributed by atoms with van der Waals surface area (Å²) < 4.78 is 58.7. The molecule has 8 heteroatoms. The zero-order chi connectivity index (χ0) is 14.5. The molecule has 2 heterocycles. The molecule has 0 saturated carbocycles. The van der Waals surface area contributed by atoms with Gasteiger partial charge in [-0.3, -0.25) is 0 Å². The minimum atomic E-state index is -4.00. The smallest absolute Gasteiger partial charge is 0.247 e. The second-order valence-corrected chi connectivity index (χ2v) is 7.71. The SMILES string of the molecule is O=S(=O)(c1c(F)cc(F)cc1Br)N1CC2CCC(C1)O2. The van der Waals surface area contributed by atoms with Crippen LogP contribution in [0.25, 0.3) is 0 Å². The van der Waals surface area contributed by atoms with Crippen molar-refractivity contribution in [3.05, 3.63) is 28.2 Å². The van der Waals surface area contributed by atoms with Crippen molar-refractivity contribution in [1.82, 2.24) is 4.31 Å². The van der Waals surface area contributed by atoms with Crippen molar-refractivity contribution in [3.63, 3.8) is 0 Å². The monoisotopic (exact) mass is 367 g/mol. The number of halogens is 3. The van der Waals surface area contributed by atoms with Gasteiger partial charge in [-0.25, -0.2) is 17.2 Å². The van der Waals surface area contributed by atoms with Crippen LogP contribution in [0.1, 0.15) is 12.8 Å². The molecule has 2 aliphatic heterocycles. The van der Waals surface area contributed by atoms with E-state index in [0.29, 0.717) is 6.07 Å². The van der Waals surface area contributed by atoms with Gasteiger partial charge >= 0.3 is 0 Å². The molecule has 2 saturated heterocycles. The van der Waals surface area contributed by atoms with E-state index in [4.69, 9.17) is 4.74 Å². The average Bonchev–Trinajstić information content (AvgIpc) is 2.66. The summed E-state index contributed by atoms with van der Waals surface area (Å²) in [6, 6.07) is 1.53. The summed E-state index contributed by atoms with van der Waals surface area (Å²) in [4.78, 5) is -0.514. The Labute approximate surface area is 123 Å². The first-order chi connectivity index (χ1) is 9.38. The zero-order valence-corrected chi connectivity index (χ0v) is 12.8. The van der Waals surface area contributed by atoms with Crippen LogP contribution in [0.5, 0.6) is 0 Å². The number of hydrogen-bond acceptors (Lipinski definition) is 3. The van der Waals surface area contributed by atoms with Crippen LogP contribution < -0.4 is 0 Å². The van der Waals surface area contributed by atoms with Gasteiger partial charge in [0.25, 0.3) is 0 Å². The normalized spacial score (nSPS) is 26.9. The number of hydrogen-bond donors (Lipinski definition) is 0. The van der Waals surface area contributed by atoms with Gasteiger partial charge in [-0.1, -0.05) is 0 Å². The van der Waals surface area contributed by atoms with E-state index in [2.05, 4.69) is 15.9 Å². The van der Waals surface area contributed by atoms with Gasteiger partial charge in [-0.05, 0) is 34.8 Å². The fraction of sp³-hybridized carbons (Fsp3) is 0.500. The molecule has 0 spiro atoms. The van der Waals surface area contributed by atoms with Crippen molar-refractivity contribution in [2.75, 3.05) is 13.1 Å². The lowest BCUT2D eigenvalue weighted by atomic mass is 10.2. The number of nitrogens with zero attached hydrogens (tertiary/aromatic N) is 1. The molecule has 2 bridgehead atoms. The van der Waals surface area contributed by atoms with Crippen LogP contribution in [0.4, 0.5) is 8.78 Å². The molecule has 0 aliphatic carbocycles. The highest BCUT2D eigenvalue weighted by Gasteiger charge is 2.41. The Hall–Kier alpha value is -0.570. The summed E-state index contributed by atoms with van der Waals surface area (Å²) in [5.74, 6) is -1.91. The van der Waals surface area contributed by atoms with Crippen molar-refractivity contribution in [2.24, 2.45) is 0 Å². The molecule has 1 aromatic rings. The lowest BCUT2D eigenvalue weighted by Crippen LogP contribution is -2.46. The summed E-state index contributed by atoms with van der Waals surface area (Å²) in [7, 11) is -4.00. The summed E-state index contributed by atoms with van der Waals surface area (Å²) in [5.41, 5.74) is 0. The average molecular weight is 368 g/mol. The minimum absolute atomic E-state index is 0.103. The van der Waals surface area contributed by atoms with Gasteiger partial charge in [0, 0.05) is 23.6 Å². The highest BCUT2D eigenvalue weighted by Crippen LogP contribution is 2.33. The first kappa shape index (κ1) is 14.4. The van der Waals surface area contributed by atoms with Crippen molar-refractivity contribution in [3.8, 4) is 0 Å². The molecule has 0 radical (unpaired) electrons. The van der Waals surface area contributed by atoms with E-state index in [1.54, 1.807) is 0 Å². The number of benzene rings is 1. The van der Waals surface area contributed by atoms with Crippen molar-refractivity contribution in [1.29, 1.82) is 0 Å². The Bertz CT molecular complexity index is 617. The van der Waals surface area contributed by atoms with Crippen LogP contribution >= 0.6 is 15.9 Å². The van der Waals surface area contributed by atoms with Crippen LogP contribution in [0, 0.1) is 11.6 Å². The number of rotatable bonds is 2. The quantitative estimate of drug-likeness (QED) is 0.805. The van der Waals surface area contributed by atoms with Crippen molar-refractivity contribution < 1.29 is 21.9 Å². The van der Waals surface area contributed by atoms with Gasteiger partial charge in [-0.15, -0.1) is 0 Å². The Morgan fingerprint density at radius 2 is 1.80 bits per heavy atom. The third kappa shape index (κ3) is 2.38. The van der Waals surface area contributed by atoms with Gasteiger partial charge in [-0.2, -0.15) is 4.31 Å².